The lowest BCUT2D eigenvalue weighted by molar-refractivity contribution is -0.183. The molecule has 0 aromatic heterocycles. The maximum Gasteiger partial charge on any atom is 0.340 e. The normalized spacial score (nSPS) is 17.1. The molecular formula is C10H14O12. The maximum atomic E-state index is 11.7. The number of Topliss-reactive ketones (excluding diaryl/α,β-unsaturated/α-hetero) is 1. The fraction of sp³-hybridized carbons (Fsp3) is 0.600. The van der Waals surface area contributed by atoms with Crippen molar-refractivity contribution in [3.05, 3.63) is 0 Å². The minimum absolute atomic E-state index is 1.12. The van der Waals surface area contributed by atoms with Gasteiger partial charge in [0.25, 0.3) is 0 Å². The van der Waals surface area contributed by atoms with Crippen molar-refractivity contribution in [3.63, 3.8) is 0 Å². The van der Waals surface area contributed by atoms with Crippen LogP contribution in [-0.2, 0) is 19.2 Å². The average Bonchev–Trinajstić information content (AvgIpc) is 2.43. The van der Waals surface area contributed by atoms with Crippen LogP contribution < -0.4 is 0 Å². The number of rotatable bonds is 9. The second-order valence-electron chi connectivity index (χ2n) is 4.21. The standard InChI is InChI=1S/C10H14O12/c11-1-2(12)3(13)4(14)5(15)6(16)10(7(17)18,8(19)20)9(21)22/h2-5,11-15H,1H2,(H,17,18)(H,19,20)(H,21,22)/t2-,3-,4+,5-/m1/s1. The van der Waals surface area contributed by atoms with Crippen molar-refractivity contribution in [1.82, 2.24) is 0 Å². The highest BCUT2D eigenvalue weighted by Crippen LogP contribution is 2.24. The molecule has 0 rings (SSSR count). The molecule has 0 amide bonds. The lowest BCUT2D eigenvalue weighted by Crippen LogP contribution is -2.60. The first-order valence-electron chi connectivity index (χ1n) is 5.53. The Morgan fingerprint density at radius 2 is 1.14 bits per heavy atom. The fourth-order valence-electron chi connectivity index (χ4n) is 1.49. The van der Waals surface area contributed by atoms with Crippen molar-refractivity contribution in [2.24, 2.45) is 5.41 Å². The Morgan fingerprint density at radius 1 is 0.773 bits per heavy atom. The van der Waals surface area contributed by atoms with Gasteiger partial charge in [0, 0.05) is 0 Å². The van der Waals surface area contributed by atoms with Gasteiger partial charge in [0.15, 0.2) is 0 Å². The van der Waals surface area contributed by atoms with E-state index in [1.165, 1.54) is 0 Å². The van der Waals surface area contributed by atoms with Gasteiger partial charge in [-0.3, -0.25) is 4.79 Å². The second kappa shape index (κ2) is 7.24. The van der Waals surface area contributed by atoms with Crippen molar-refractivity contribution in [2.75, 3.05) is 6.61 Å². The number of carboxylic acid groups (broad SMARTS) is 3. The van der Waals surface area contributed by atoms with Gasteiger partial charge in [-0.1, -0.05) is 0 Å². The Balaban J connectivity index is 5.73. The molecule has 0 bridgehead atoms. The predicted molar refractivity (Wildman–Crippen MR) is 61.5 cm³/mol. The van der Waals surface area contributed by atoms with Crippen LogP contribution in [0.4, 0.5) is 0 Å². The summed E-state index contributed by atoms with van der Waals surface area (Å²) >= 11 is 0. The monoisotopic (exact) mass is 326 g/mol. The molecule has 0 saturated carbocycles. The molecule has 12 nitrogen and oxygen atoms in total. The summed E-state index contributed by atoms with van der Waals surface area (Å²) in [6, 6.07) is 0. The third-order valence-corrected chi connectivity index (χ3v) is 2.86. The van der Waals surface area contributed by atoms with E-state index < -0.39 is 60.1 Å². The third kappa shape index (κ3) is 3.20. The highest BCUT2D eigenvalue weighted by molar-refractivity contribution is 6.34. The minimum atomic E-state index is -4.12. The summed E-state index contributed by atoms with van der Waals surface area (Å²) in [6.45, 7) is -1.12. The summed E-state index contributed by atoms with van der Waals surface area (Å²) in [6.07, 6.45) is -10.1. The second-order valence-corrected chi connectivity index (χ2v) is 4.21. The molecule has 0 aliphatic heterocycles. The van der Waals surface area contributed by atoms with E-state index in [4.69, 9.17) is 25.5 Å². The molecule has 0 aliphatic carbocycles. The van der Waals surface area contributed by atoms with Crippen LogP contribution in [0.15, 0.2) is 0 Å². The average molecular weight is 326 g/mol. The fourth-order valence-corrected chi connectivity index (χ4v) is 1.49. The quantitative estimate of drug-likeness (QED) is 0.187. The molecule has 0 saturated heterocycles. The van der Waals surface area contributed by atoms with E-state index >= 15 is 0 Å². The number of hydrogen-bond acceptors (Lipinski definition) is 9. The lowest BCUT2D eigenvalue weighted by Gasteiger charge is -2.28. The van der Waals surface area contributed by atoms with Crippen molar-refractivity contribution in [2.45, 2.75) is 24.4 Å². The smallest absolute Gasteiger partial charge is 0.340 e. The van der Waals surface area contributed by atoms with Gasteiger partial charge in [0.2, 0.25) is 5.78 Å². The highest BCUT2D eigenvalue weighted by Gasteiger charge is 2.63. The van der Waals surface area contributed by atoms with Gasteiger partial charge in [-0.25, -0.2) is 14.4 Å². The Bertz CT molecular complexity index is 434. The Hall–Kier alpha value is -2.12. The van der Waals surface area contributed by atoms with Gasteiger partial charge in [-0.05, 0) is 0 Å². The zero-order valence-electron chi connectivity index (χ0n) is 10.7. The summed E-state index contributed by atoms with van der Waals surface area (Å²) in [5.41, 5.74) is -4.12. The molecule has 126 valence electrons. The highest BCUT2D eigenvalue weighted by atomic mass is 16.4. The first kappa shape index (κ1) is 19.9. The van der Waals surface area contributed by atoms with Gasteiger partial charge in [-0.15, -0.1) is 0 Å². The SMILES string of the molecule is O=C(O)C(C(=O)O)(C(=O)O)C(=O)[C@H](O)[C@@H](O)[C@H](O)[C@H](O)CO. The lowest BCUT2D eigenvalue weighted by atomic mass is 9.79. The van der Waals surface area contributed by atoms with Crippen molar-refractivity contribution in [3.8, 4) is 0 Å². The number of aliphatic hydroxyl groups is 5. The molecule has 0 radical (unpaired) electrons. The molecule has 0 aliphatic rings. The third-order valence-electron chi connectivity index (χ3n) is 2.86. The number of aliphatic hydroxyl groups excluding tert-OH is 5. The molecule has 8 N–H and O–H groups in total. The van der Waals surface area contributed by atoms with Crippen LogP contribution in [0.3, 0.4) is 0 Å². The van der Waals surface area contributed by atoms with E-state index in [0.717, 1.165) is 0 Å². The zero-order valence-corrected chi connectivity index (χ0v) is 10.7. The van der Waals surface area contributed by atoms with E-state index in [9.17, 15) is 34.5 Å². The van der Waals surface area contributed by atoms with Crippen LogP contribution in [0.1, 0.15) is 0 Å². The molecule has 0 aromatic rings. The van der Waals surface area contributed by atoms with Gasteiger partial charge in [-0.2, -0.15) is 0 Å². The van der Waals surface area contributed by atoms with E-state index in [1.807, 2.05) is 0 Å². The van der Waals surface area contributed by atoms with Crippen molar-refractivity contribution in [1.29, 1.82) is 0 Å². The van der Waals surface area contributed by atoms with Crippen LogP contribution in [-0.4, -0.2) is 95.6 Å². The van der Waals surface area contributed by atoms with Crippen LogP contribution in [0.5, 0.6) is 0 Å². The van der Waals surface area contributed by atoms with Crippen LogP contribution in [0.25, 0.3) is 0 Å². The number of carbonyl (C=O) groups excluding carboxylic acids is 1. The predicted octanol–water partition coefficient (Wildman–Crippen LogP) is -4.77. The van der Waals surface area contributed by atoms with Crippen LogP contribution in [0, 0.1) is 5.41 Å². The van der Waals surface area contributed by atoms with Gasteiger partial charge >= 0.3 is 23.3 Å². The minimum Gasteiger partial charge on any atom is -0.480 e. The number of carbonyl (C=O) groups is 4. The molecule has 4 atom stereocenters. The zero-order chi connectivity index (χ0) is 17.8. The Kier molecular flexibility index (Phi) is 6.54. The molecule has 0 fully saturated rings. The van der Waals surface area contributed by atoms with Crippen molar-refractivity contribution < 1.29 is 60.0 Å². The maximum absolute atomic E-state index is 11.7. The summed E-state index contributed by atoms with van der Waals surface area (Å²) in [4.78, 5) is 44.5. The largest absolute Gasteiger partial charge is 0.480 e. The van der Waals surface area contributed by atoms with Gasteiger partial charge in [0.1, 0.15) is 24.4 Å². The molecule has 0 heterocycles. The Labute approximate surface area is 121 Å². The summed E-state index contributed by atoms with van der Waals surface area (Å²) in [5, 5.41) is 71.9. The number of hydrogen-bond donors (Lipinski definition) is 8. The number of carboxylic acids is 3. The van der Waals surface area contributed by atoms with E-state index in [1.54, 1.807) is 0 Å². The van der Waals surface area contributed by atoms with Crippen LogP contribution in [0.2, 0.25) is 0 Å². The molecule has 12 heteroatoms. The van der Waals surface area contributed by atoms with E-state index in [-0.39, 0.29) is 0 Å². The molecule has 0 spiro atoms. The number of aliphatic carboxylic acids is 3. The first-order valence-corrected chi connectivity index (χ1v) is 5.53. The first-order chi connectivity index (χ1) is 9.95. The topological polar surface area (TPSA) is 230 Å². The molecule has 22 heavy (non-hydrogen) atoms. The molecular weight excluding hydrogens is 312 g/mol. The van der Waals surface area contributed by atoms with Crippen LogP contribution >= 0.6 is 0 Å². The number of ketones is 1. The van der Waals surface area contributed by atoms with Gasteiger partial charge < -0.3 is 40.9 Å². The van der Waals surface area contributed by atoms with E-state index in [0.29, 0.717) is 0 Å². The summed E-state index contributed by atoms with van der Waals surface area (Å²) in [7, 11) is 0. The van der Waals surface area contributed by atoms with E-state index in [2.05, 4.69) is 0 Å². The summed E-state index contributed by atoms with van der Waals surface area (Å²) in [5.74, 6) is -10.3. The summed E-state index contributed by atoms with van der Waals surface area (Å²) < 4.78 is 0. The Morgan fingerprint density at radius 3 is 1.41 bits per heavy atom. The van der Waals surface area contributed by atoms with Gasteiger partial charge in [0.05, 0.1) is 6.61 Å². The van der Waals surface area contributed by atoms with Crippen molar-refractivity contribution >= 4 is 23.7 Å². The molecule has 0 unspecified atom stereocenters. The molecule has 0 aromatic carbocycles.